The summed E-state index contributed by atoms with van der Waals surface area (Å²) in [4.78, 5) is 12.4. The van der Waals surface area contributed by atoms with E-state index in [0.717, 1.165) is 0 Å². The van der Waals surface area contributed by atoms with Gasteiger partial charge >= 0.3 is 0 Å². The average Bonchev–Trinajstić information content (AvgIpc) is 3.29. The van der Waals surface area contributed by atoms with Gasteiger partial charge in [-0.15, -0.1) is 6.58 Å². The topological polar surface area (TPSA) is 84.3 Å². The second kappa shape index (κ2) is 10.3. The molecule has 0 fully saturated rings. The van der Waals surface area contributed by atoms with E-state index in [2.05, 4.69) is 17.0 Å². The lowest BCUT2D eigenvalue weighted by Crippen LogP contribution is -2.32. The standard InChI is InChI=1S/C22H23ClN4O3S/c1-2-14-27(19-8-4-3-5-9-19)31(29,30)21-17-18(10-11-20(21)23)22(28)24-12-6-15-26-16-7-13-25-26/h2-5,7-11,13,16-17H,1,6,12,14-15H2,(H,24,28). The Bertz CT molecular complexity index is 1130. The summed E-state index contributed by atoms with van der Waals surface area (Å²) < 4.78 is 29.7. The van der Waals surface area contributed by atoms with Crippen molar-refractivity contribution in [1.29, 1.82) is 0 Å². The third-order valence-corrected chi connectivity index (χ3v) is 6.78. The molecule has 0 unspecified atom stereocenters. The molecular weight excluding hydrogens is 436 g/mol. The van der Waals surface area contributed by atoms with E-state index in [1.807, 2.05) is 12.3 Å². The molecule has 162 valence electrons. The Kier molecular flexibility index (Phi) is 7.49. The molecule has 1 N–H and O–H groups in total. The van der Waals surface area contributed by atoms with E-state index < -0.39 is 10.0 Å². The van der Waals surface area contributed by atoms with Crippen molar-refractivity contribution in [3.05, 3.63) is 90.2 Å². The van der Waals surface area contributed by atoms with Crippen LogP contribution in [0.5, 0.6) is 0 Å². The summed E-state index contributed by atoms with van der Waals surface area (Å²) in [7, 11) is -4.02. The molecule has 0 aliphatic heterocycles. The maximum atomic E-state index is 13.4. The molecule has 0 saturated carbocycles. The predicted molar refractivity (Wildman–Crippen MR) is 122 cm³/mol. The highest BCUT2D eigenvalue weighted by atomic mass is 35.5. The molecule has 7 nitrogen and oxygen atoms in total. The fraction of sp³-hybridized carbons (Fsp3) is 0.182. The Morgan fingerprint density at radius 3 is 2.65 bits per heavy atom. The van der Waals surface area contributed by atoms with Gasteiger partial charge in [0.05, 0.1) is 17.3 Å². The number of para-hydroxylation sites is 1. The number of nitrogens with zero attached hydrogens (tertiary/aromatic N) is 3. The van der Waals surface area contributed by atoms with Crippen molar-refractivity contribution < 1.29 is 13.2 Å². The highest BCUT2D eigenvalue weighted by molar-refractivity contribution is 7.93. The molecule has 1 aromatic heterocycles. The van der Waals surface area contributed by atoms with Crippen LogP contribution in [-0.4, -0.2) is 37.2 Å². The smallest absolute Gasteiger partial charge is 0.266 e. The fourth-order valence-corrected chi connectivity index (χ4v) is 4.93. The van der Waals surface area contributed by atoms with Gasteiger partial charge in [-0.3, -0.25) is 13.8 Å². The van der Waals surface area contributed by atoms with Crippen LogP contribution in [-0.2, 0) is 16.6 Å². The molecule has 0 radical (unpaired) electrons. The minimum atomic E-state index is -4.02. The number of nitrogens with one attached hydrogen (secondary N) is 1. The van der Waals surface area contributed by atoms with E-state index in [9.17, 15) is 13.2 Å². The number of anilines is 1. The number of sulfonamides is 1. The Hall–Kier alpha value is -3.10. The summed E-state index contributed by atoms with van der Waals surface area (Å²) in [5.41, 5.74) is 0.695. The van der Waals surface area contributed by atoms with Gasteiger partial charge in [0.2, 0.25) is 0 Å². The minimum Gasteiger partial charge on any atom is -0.352 e. The molecule has 0 aliphatic rings. The summed E-state index contributed by atoms with van der Waals surface area (Å²) in [6.07, 6.45) is 5.72. The van der Waals surface area contributed by atoms with E-state index in [1.54, 1.807) is 41.2 Å². The number of rotatable bonds is 10. The Morgan fingerprint density at radius 2 is 1.97 bits per heavy atom. The number of hydrogen-bond acceptors (Lipinski definition) is 4. The van der Waals surface area contributed by atoms with Gasteiger partial charge in [0.25, 0.3) is 15.9 Å². The molecule has 0 spiro atoms. The largest absolute Gasteiger partial charge is 0.352 e. The van der Waals surface area contributed by atoms with Crippen molar-refractivity contribution in [3.63, 3.8) is 0 Å². The second-order valence-electron chi connectivity index (χ2n) is 6.68. The number of amides is 1. The normalized spacial score (nSPS) is 11.1. The van der Waals surface area contributed by atoms with Crippen LogP contribution in [0.4, 0.5) is 5.69 Å². The van der Waals surface area contributed by atoms with Crippen molar-refractivity contribution in [3.8, 4) is 0 Å². The molecule has 0 aliphatic carbocycles. The number of carbonyl (C=O) groups is 1. The molecule has 3 rings (SSSR count). The molecule has 3 aromatic rings. The Morgan fingerprint density at radius 1 is 1.19 bits per heavy atom. The first-order valence-electron chi connectivity index (χ1n) is 9.67. The zero-order valence-corrected chi connectivity index (χ0v) is 18.4. The average molecular weight is 459 g/mol. The highest BCUT2D eigenvalue weighted by Gasteiger charge is 2.27. The van der Waals surface area contributed by atoms with Gasteiger partial charge < -0.3 is 5.32 Å². The fourth-order valence-electron chi connectivity index (χ4n) is 2.99. The van der Waals surface area contributed by atoms with Crippen LogP contribution >= 0.6 is 11.6 Å². The van der Waals surface area contributed by atoms with E-state index in [0.29, 0.717) is 25.2 Å². The van der Waals surface area contributed by atoms with E-state index >= 15 is 0 Å². The number of aromatic nitrogens is 2. The maximum Gasteiger partial charge on any atom is 0.266 e. The van der Waals surface area contributed by atoms with Gasteiger partial charge in [-0.25, -0.2) is 8.42 Å². The lowest BCUT2D eigenvalue weighted by molar-refractivity contribution is 0.0952. The Labute approximate surface area is 187 Å². The first-order chi connectivity index (χ1) is 14.9. The van der Waals surface area contributed by atoms with Gasteiger partial charge in [0.1, 0.15) is 4.90 Å². The molecule has 2 aromatic carbocycles. The molecular formula is C22H23ClN4O3S. The van der Waals surface area contributed by atoms with Crippen LogP contribution < -0.4 is 9.62 Å². The Balaban J connectivity index is 1.78. The van der Waals surface area contributed by atoms with Crippen molar-refractivity contribution in [2.75, 3.05) is 17.4 Å². The molecule has 0 saturated heterocycles. The number of carbonyl (C=O) groups excluding carboxylic acids is 1. The van der Waals surface area contributed by atoms with Crippen molar-refractivity contribution in [2.24, 2.45) is 0 Å². The van der Waals surface area contributed by atoms with Crippen LogP contribution in [0.2, 0.25) is 5.02 Å². The number of hydrogen-bond donors (Lipinski definition) is 1. The molecule has 31 heavy (non-hydrogen) atoms. The van der Waals surface area contributed by atoms with Crippen molar-refractivity contribution in [2.45, 2.75) is 17.9 Å². The van der Waals surface area contributed by atoms with E-state index in [-0.39, 0.29) is 27.9 Å². The van der Waals surface area contributed by atoms with Gasteiger partial charge in [0, 0.05) is 31.0 Å². The zero-order chi connectivity index (χ0) is 22.3. The van der Waals surface area contributed by atoms with Gasteiger partial charge in [-0.2, -0.15) is 5.10 Å². The summed E-state index contributed by atoms with van der Waals surface area (Å²) in [6.45, 7) is 4.81. The number of aryl methyl sites for hydroxylation is 1. The van der Waals surface area contributed by atoms with Crippen molar-refractivity contribution >= 4 is 33.2 Å². The van der Waals surface area contributed by atoms with Crippen LogP contribution in [0, 0.1) is 0 Å². The van der Waals surface area contributed by atoms with Crippen LogP contribution in [0.15, 0.2) is 84.5 Å². The maximum absolute atomic E-state index is 13.4. The van der Waals surface area contributed by atoms with Crippen LogP contribution in [0.1, 0.15) is 16.8 Å². The molecule has 0 atom stereocenters. The lowest BCUT2D eigenvalue weighted by Gasteiger charge is -2.24. The third kappa shape index (κ3) is 5.53. The lowest BCUT2D eigenvalue weighted by atomic mass is 10.2. The van der Waals surface area contributed by atoms with Gasteiger partial charge in [-0.05, 0) is 42.8 Å². The third-order valence-electron chi connectivity index (χ3n) is 4.51. The highest BCUT2D eigenvalue weighted by Crippen LogP contribution is 2.29. The summed E-state index contributed by atoms with van der Waals surface area (Å²) in [6, 6.07) is 14.7. The summed E-state index contributed by atoms with van der Waals surface area (Å²) in [5, 5.41) is 6.95. The van der Waals surface area contributed by atoms with Crippen LogP contribution in [0.3, 0.4) is 0 Å². The molecule has 1 amide bonds. The van der Waals surface area contributed by atoms with E-state index in [4.69, 9.17) is 11.6 Å². The van der Waals surface area contributed by atoms with Crippen molar-refractivity contribution in [1.82, 2.24) is 15.1 Å². The first-order valence-corrected chi connectivity index (χ1v) is 11.5. The molecule has 0 bridgehead atoms. The van der Waals surface area contributed by atoms with Gasteiger partial charge in [0.15, 0.2) is 0 Å². The zero-order valence-electron chi connectivity index (χ0n) is 16.8. The van der Waals surface area contributed by atoms with E-state index in [1.165, 1.54) is 28.6 Å². The van der Waals surface area contributed by atoms with Gasteiger partial charge in [-0.1, -0.05) is 35.9 Å². The molecule has 1 heterocycles. The summed E-state index contributed by atoms with van der Waals surface area (Å²) >= 11 is 6.23. The monoisotopic (exact) mass is 458 g/mol. The second-order valence-corrected chi connectivity index (χ2v) is 8.92. The number of benzene rings is 2. The van der Waals surface area contributed by atoms with Crippen LogP contribution in [0.25, 0.3) is 0 Å². The summed E-state index contributed by atoms with van der Waals surface area (Å²) in [5.74, 6) is -0.372. The predicted octanol–water partition coefficient (Wildman–Crippen LogP) is 3.74. The SMILES string of the molecule is C=CCN(c1ccccc1)S(=O)(=O)c1cc(C(=O)NCCCn2cccn2)ccc1Cl. The molecule has 9 heteroatoms. The quantitative estimate of drug-likeness (QED) is 0.370. The minimum absolute atomic E-state index is 0.0419. The number of halogens is 1. The first kappa shape index (κ1) is 22.6.